The zero-order chi connectivity index (χ0) is 14.9. The van der Waals surface area contributed by atoms with Gasteiger partial charge in [0.25, 0.3) is 0 Å². The number of halogens is 1. The standard InChI is InChI=1S/C9H10ClN7O2S/c1-16(2)7-12-6(10)13-8(14-7)20-9-11-4(18)5(19)15-17(9)3/h1-3H3,(H,15,19). The Morgan fingerprint density at radius 1 is 1.20 bits per heavy atom. The number of aromatic nitrogens is 6. The Bertz CT molecular complexity index is 757. The maximum Gasteiger partial charge on any atom is 0.339 e. The third kappa shape index (κ3) is 3.14. The minimum Gasteiger partial charge on any atom is -0.347 e. The van der Waals surface area contributed by atoms with E-state index in [4.69, 9.17) is 11.6 Å². The van der Waals surface area contributed by atoms with Crippen LogP contribution >= 0.6 is 23.4 Å². The van der Waals surface area contributed by atoms with E-state index in [1.807, 2.05) is 0 Å². The van der Waals surface area contributed by atoms with E-state index in [0.29, 0.717) is 5.95 Å². The van der Waals surface area contributed by atoms with Crippen LogP contribution in [0.25, 0.3) is 0 Å². The van der Waals surface area contributed by atoms with Crippen LogP contribution < -0.4 is 16.0 Å². The molecular formula is C9H10ClN7O2S. The number of hydrogen-bond donors (Lipinski definition) is 1. The van der Waals surface area contributed by atoms with E-state index in [1.165, 1.54) is 4.68 Å². The normalized spacial score (nSPS) is 10.6. The molecular weight excluding hydrogens is 306 g/mol. The number of aromatic amines is 1. The predicted octanol–water partition coefficient (Wildman–Crippen LogP) is -0.476. The smallest absolute Gasteiger partial charge is 0.339 e. The molecule has 9 nitrogen and oxygen atoms in total. The molecule has 0 aromatic carbocycles. The molecule has 0 aliphatic carbocycles. The van der Waals surface area contributed by atoms with Gasteiger partial charge < -0.3 is 4.90 Å². The summed E-state index contributed by atoms with van der Waals surface area (Å²) in [6.45, 7) is 0. The van der Waals surface area contributed by atoms with E-state index in [-0.39, 0.29) is 15.6 Å². The Morgan fingerprint density at radius 2 is 1.90 bits per heavy atom. The highest BCUT2D eigenvalue weighted by atomic mass is 35.5. The fourth-order valence-corrected chi connectivity index (χ4v) is 2.14. The van der Waals surface area contributed by atoms with Crippen LogP contribution in [0.1, 0.15) is 0 Å². The van der Waals surface area contributed by atoms with Crippen LogP contribution in [0.3, 0.4) is 0 Å². The number of aryl methyl sites for hydroxylation is 1. The summed E-state index contributed by atoms with van der Waals surface area (Å²) in [6.07, 6.45) is 0. The van der Waals surface area contributed by atoms with Crippen molar-refractivity contribution in [1.82, 2.24) is 29.7 Å². The van der Waals surface area contributed by atoms with E-state index in [0.717, 1.165) is 11.8 Å². The second-order valence-corrected chi connectivity index (χ2v) is 5.16. The molecule has 0 bridgehead atoms. The number of rotatable bonds is 3. The molecule has 0 saturated carbocycles. The SMILES string of the molecule is CN(C)c1nc(Cl)nc(Sc2nc(=O)c(=O)[nH]n2C)n1. The zero-order valence-electron chi connectivity index (χ0n) is 10.8. The van der Waals surface area contributed by atoms with Crippen molar-refractivity contribution >= 4 is 29.3 Å². The average molecular weight is 316 g/mol. The van der Waals surface area contributed by atoms with Gasteiger partial charge in [-0.3, -0.25) is 19.4 Å². The highest BCUT2D eigenvalue weighted by molar-refractivity contribution is 7.99. The van der Waals surface area contributed by atoms with Gasteiger partial charge in [-0.25, -0.2) is 0 Å². The van der Waals surface area contributed by atoms with Crippen molar-refractivity contribution in [3.8, 4) is 0 Å². The molecule has 2 heterocycles. The summed E-state index contributed by atoms with van der Waals surface area (Å²) in [4.78, 5) is 39.7. The lowest BCUT2D eigenvalue weighted by atomic mass is 10.8. The first kappa shape index (κ1) is 14.5. The third-order valence-electron chi connectivity index (χ3n) is 2.11. The molecule has 0 spiro atoms. The Hall–Kier alpha value is -1.94. The number of nitrogens with one attached hydrogen (secondary N) is 1. The molecule has 0 aliphatic rings. The topological polar surface area (TPSA) is 110 Å². The molecule has 0 aliphatic heterocycles. The fraction of sp³-hybridized carbons (Fsp3) is 0.333. The lowest BCUT2D eigenvalue weighted by Gasteiger charge is -2.11. The van der Waals surface area contributed by atoms with E-state index < -0.39 is 11.1 Å². The first-order valence-electron chi connectivity index (χ1n) is 5.31. The van der Waals surface area contributed by atoms with Gasteiger partial charge in [-0.1, -0.05) is 0 Å². The van der Waals surface area contributed by atoms with Gasteiger partial charge in [0, 0.05) is 21.1 Å². The van der Waals surface area contributed by atoms with Gasteiger partial charge in [0.05, 0.1) is 0 Å². The second kappa shape index (κ2) is 5.59. The van der Waals surface area contributed by atoms with Crippen molar-refractivity contribution in [2.24, 2.45) is 7.05 Å². The summed E-state index contributed by atoms with van der Waals surface area (Å²) >= 11 is 6.80. The third-order valence-corrected chi connectivity index (χ3v) is 3.19. The number of hydrogen-bond acceptors (Lipinski definition) is 8. The van der Waals surface area contributed by atoms with Gasteiger partial charge in [-0.15, -0.1) is 0 Å². The summed E-state index contributed by atoms with van der Waals surface area (Å²) in [5, 5.41) is 2.86. The highest BCUT2D eigenvalue weighted by Gasteiger charge is 2.12. The van der Waals surface area contributed by atoms with Gasteiger partial charge >= 0.3 is 11.1 Å². The molecule has 0 atom stereocenters. The van der Waals surface area contributed by atoms with Gasteiger partial charge in [-0.05, 0) is 23.4 Å². The van der Waals surface area contributed by atoms with Gasteiger partial charge in [-0.2, -0.15) is 19.9 Å². The monoisotopic (exact) mass is 315 g/mol. The Balaban J connectivity index is 2.42. The van der Waals surface area contributed by atoms with Gasteiger partial charge in [0.1, 0.15) is 0 Å². The molecule has 106 valence electrons. The van der Waals surface area contributed by atoms with Crippen molar-refractivity contribution in [2.45, 2.75) is 10.3 Å². The lowest BCUT2D eigenvalue weighted by molar-refractivity contribution is 0.595. The van der Waals surface area contributed by atoms with Crippen molar-refractivity contribution in [2.75, 3.05) is 19.0 Å². The Labute approximate surface area is 122 Å². The summed E-state index contributed by atoms with van der Waals surface area (Å²) < 4.78 is 1.31. The average Bonchev–Trinajstić information content (AvgIpc) is 2.35. The largest absolute Gasteiger partial charge is 0.347 e. The molecule has 2 aromatic heterocycles. The summed E-state index contributed by atoms with van der Waals surface area (Å²) in [5.74, 6) is 0.377. The molecule has 2 aromatic rings. The summed E-state index contributed by atoms with van der Waals surface area (Å²) in [6, 6.07) is 0. The van der Waals surface area contributed by atoms with Crippen LogP contribution in [-0.4, -0.2) is 43.8 Å². The van der Waals surface area contributed by atoms with Crippen molar-refractivity contribution in [3.05, 3.63) is 26.0 Å². The van der Waals surface area contributed by atoms with E-state index in [1.54, 1.807) is 26.0 Å². The fourth-order valence-electron chi connectivity index (χ4n) is 1.20. The Kier molecular flexibility index (Phi) is 4.04. The minimum absolute atomic E-state index is 0.0284. The summed E-state index contributed by atoms with van der Waals surface area (Å²) in [7, 11) is 5.06. The van der Waals surface area contributed by atoms with Crippen LogP contribution in [0, 0.1) is 0 Å². The van der Waals surface area contributed by atoms with E-state index >= 15 is 0 Å². The van der Waals surface area contributed by atoms with Crippen LogP contribution in [0.2, 0.25) is 5.28 Å². The first-order valence-corrected chi connectivity index (χ1v) is 6.50. The van der Waals surface area contributed by atoms with Gasteiger partial charge in [0.2, 0.25) is 16.4 Å². The molecule has 1 N–H and O–H groups in total. The maximum absolute atomic E-state index is 11.3. The molecule has 0 radical (unpaired) electrons. The van der Waals surface area contributed by atoms with Crippen molar-refractivity contribution in [1.29, 1.82) is 0 Å². The van der Waals surface area contributed by atoms with Crippen molar-refractivity contribution in [3.63, 3.8) is 0 Å². The maximum atomic E-state index is 11.3. The van der Waals surface area contributed by atoms with Crippen molar-refractivity contribution < 1.29 is 0 Å². The Morgan fingerprint density at radius 3 is 2.55 bits per heavy atom. The quantitative estimate of drug-likeness (QED) is 0.757. The van der Waals surface area contributed by atoms with Crippen LogP contribution in [0.15, 0.2) is 19.9 Å². The molecule has 11 heteroatoms. The molecule has 0 fully saturated rings. The van der Waals surface area contributed by atoms with Crippen LogP contribution in [0.4, 0.5) is 5.95 Å². The second-order valence-electron chi connectivity index (χ2n) is 3.88. The predicted molar refractivity (Wildman–Crippen MR) is 73.4 cm³/mol. The highest BCUT2D eigenvalue weighted by Crippen LogP contribution is 2.22. The van der Waals surface area contributed by atoms with E-state index in [9.17, 15) is 9.59 Å². The zero-order valence-corrected chi connectivity index (χ0v) is 12.4. The molecule has 0 amide bonds. The van der Waals surface area contributed by atoms with Gasteiger partial charge in [0.15, 0.2) is 5.16 Å². The van der Waals surface area contributed by atoms with Crippen LogP contribution in [-0.2, 0) is 7.05 Å². The lowest BCUT2D eigenvalue weighted by Crippen LogP contribution is -2.33. The molecule has 20 heavy (non-hydrogen) atoms. The summed E-state index contributed by atoms with van der Waals surface area (Å²) in [5.41, 5.74) is -1.67. The number of H-pyrrole nitrogens is 1. The molecule has 2 rings (SSSR count). The minimum atomic E-state index is -0.876. The number of nitrogens with zero attached hydrogens (tertiary/aromatic N) is 6. The van der Waals surface area contributed by atoms with E-state index in [2.05, 4.69) is 25.0 Å². The molecule has 0 unspecified atom stereocenters. The number of anilines is 1. The molecule has 0 saturated heterocycles. The first-order chi connectivity index (χ1) is 9.36. The van der Waals surface area contributed by atoms with Crippen LogP contribution in [0.5, 0.6) is 0 Å².